The van der Waals surface area contributed by atoms with E-state index in [1.807, 2.05) is 13.8 Å². The van der Waals surface area contributed by atoms with E-state index < -0.39 is 10.2 Å². The number of rotatable bonds is 6. The molecule has 0 bridgehead atoms. The van der Waals surface area contributed by atoms with Crippen LogP contribution >= 0.6 is 0 Å². The minimum absolute atomic E-state index is 0.110. The first kappa shape index (κ1) is 14.2. The van der Waals surface area contributed by atoms with Crippen molar-refractivity contribution in [3.05, 3.63) is 0 Å². The molecule has 1 unspecified atom stereocenters. The van der Waals surface area contributed by atoms with Crippen LogP contribution in [0.4, 0.5) is 0 Å². The lowest BCUT2D eigenvalue weighted by molar-refractivity contribution is 0.242. The van der Waals surface area contributed by atoms with E-state index in [4.69, 9.17) is 0 Å². The fraction of sp³-hybridized carbons (Fsp3) is 1.00. The zero-order valence-corrected chi connectivity index (χ0v) is 12.2. The number of likely N-dealkylation sites (N-methyl/N-ethyl adjacent to an activating group) is 1. The molecule has 0 aromatic carbocycles. The summed E-state index contributed by atoms with van der Waals surface area (Å²) >= 11 is 0. The minimum atomic E-state index is -3.31. The largest absolute Gasteiger partial charge is 0.315 e. The molecule has 1 atom stereocenters. The number of piperidine rings is 1. The van der Waals surface area contributed by atoms with Crippen molar-refractivity contribution in [3.8, 4) is 0 Å². The molecule has 0 radical (unpaired) electrons. The van der Waals surface area contributed by atoms with Crippen molar-refractivity contribution in [2.45, 2.75) is 57.5 Å². The van der Waals surface area contributed by atoms with Crippen molar-refractivity contribution >= 4 is 10.2 Å². The smallest absolute Gasteiger partial charge is 0.280 e. The second kappa shape index (κ2) is 5.45. The van der Waals surface area contributed by atoms with Gasteiger partial charge in [0.05, 0.1) is 0 Å². The van der Waals surface area contributed by atoms with Gasteiger partial charge in [0.1, 0.15) is 0 Å². The maximum Gasteiger partial charge on any atom is 0.280 e. The van der Waals surface area contributed by atoms with Crippen molar-refractivity contribution in [1.82, 2.24) is 14.3 Å². The monoisotopic (exact) mass is 275 g/mol. The van der Waals surface area contributed by atoms with Gasteiger partial charge in [-0.2, -0.15) is 17.4 Å². The molecule has 0 aromatic rings. The van der Waals surface area contributed by atoms with E-state index in [2.05, 4.69) is 10.0 Å². The van der Waals surface area contributed by atoms with Crippen molar-refractivity contribution in [3.63, 3.8) is 0 Å². The topological polar surface area (TPSA) is 61.4 Å². The molecule has 1 saturated heterocycles. The van der Waals surface area contributed by atoms with Crippen LogP contribution in [0, 0.1) is 0 Å². The highest BCUT2D eigenvalue weighted by atomic mass is 32.2. The fourth-order valence-corrected chi connectivity index (χ4v) is 4.35. The minimum Gasteiger partial charge on any atom is -0.315 e. The quantitative estimate of drug-likeness (QED) is 0.755. The summed E-state index contributed by atoms with van der Waals surface area (Å²) in [4.78, 5) is 0. The van der Waals surface area contributed by atoms with Crippen LogP contribution in [0.1, 0.15) is 46.0 Å². The number of hydrogen-bond donors (Lipinski definition) is 2. The molecule has 2 N–H and O–H groups in total. The lowest BCUT2D eigenvalue weighted by Crippen LogP contribution is -2.54. The Kier molecular flexibility index (Phi) is 4.31. The molecule has 1 saturated carbocycles. The predicted molar refractivity (Wildman–Crippen MR) is 72.6 cm³/mol. The van der Waals surface area contributed by atoms with E-state index in [9.17, 15) is 8.42 Å². The molecular weight excluding hydrogens is 250 g/mol. The molecule has 106 valence electrons. The van der Waals surface area contributed by atoms with E-state index in [-0.39, 0.29) is 11.6 Å². The molecule has 6 heteroatoms. The van der Waals surface area contributed by atoms with Crippen molar-refractivity contribution < 1.29 is 8.42 Å². The molecule has 2 rings (SSSR count). The highest BCUT2D eigenvalue weighted by Gasteiger charge is 2.44. The SMILES string of the molecule is CCNCC1CCCCN1S(=O)(=O)NC1(C)CC1. The summed E-state index contributed by atoms with van der Waals surface area (Å²) < 4.78 is 29.3. The second-order valence-electron chi connectivity index (χ2n) is 5.74. The molecule has 2 fully saturated rings. The zero-order chi connectivity index (χ0) is 13.2. The Morgan fingerprint density at radius 3 is 2.67 bits per heavy atom. The Balaban J connectivity index is 2.02. The molecule has 1 aliphatic heterocycles. The van der Waals surface area contributed by atoms with Gasteiger partial charge in [-0.25, -0.2) is 0 Å². The van der Waals surface area contributed by atoms with E-state index >= 15 is 0 Å². The average Bonchev–Trinajstić information content (AvgIpc) is 3.03. The summed E-state index contributed by atoms with van der Waals surface area (Å²) in [5.74, 6) is 0. The van der Waals surface area contributed by atoms with E-state index in [0.29, 0.717) is 6.54 Å². The van der Waals surface area contributed by atoms with Gasteiger partial charge in [0, 0.05) is 24.7 Å². The molecule has 5 nitrogen and oxygen atoms in total. The van der Waals surface area contributed by atoms with Gasteiger partial charge in [-0.15, -0.1) is 0 Å². The zero-order valence-electron chi connectivity index (χ0n) is 11.4. The molecule has 1 heterocycles. The number of nitrogens with one attached hydrogen (secondary N) is 2. The summed E-state index contributed by atoms with van der Waals surface area (Å²) in [7, 11) is -3.31. The standard InChI is InChI=1S/C12H25N3O2S/c1-3-13-10-11-6-4-5-9-15(11)18(16,17)14-12(2)7-8-12/h11,13-14H,3-10H2,1-2H3. The Bertz CT molecular complexity index is 379. The molecule has 1 aliphatic carbocycles. The van der Waals surface area contributed by atoms with Crippen LogP contribution in [0.25, 0.3) is 0 Å². The maximum atomic E-state index is 12.4. The molecule has 0 aromatic heterocycles. The summed E-state index contributed by atoms with van der Waals surface area (Å²) in [6.45, 7) is 6.32. The highest BCUT2D eigenvalue weighted by Crippen LogP contribution is 2.36. The number of hydrogen-bond acceptors (Lipinski definition) is 3. The average molecular weight is 275 g/mol. The third kappa shape index (κ3) is 3.44. The summed E-state index contributed by atoms with van der Waals surface area (Å²) in [6.07, 6.45) is 4.97. The van der Waals surface area contributed by atoms with E-state index in [1.54, 1.807) is 4.31 Å². The molecule has 0 amide bonds. The third-order valence-corrected chi connectivity index (χ3v) is 5.74. The predicted octanol–water partition coefficient (Wildman–Crippen LogP) is 0.837. The van der Waals surface area contributed by atoms with Gasteiger partial charge < -0.3 is 5.32 Å². The lowest BCUT2D eigenvalue weighted by Gasteiger charge is -2.35. The fourth-order valence-electron chi connectivity index (χ4n) is 2.46. The Morgan fingerprint density at radius 2 is 2.06 bits per heavy atom. The van der Waals surface area contributed by atoms with Gasteiger partial charge in [-0.05, 0) is 39.2 Å². The van der Waals surface area contributed by atoms with Gasteiger partial charge in [0.2, 0.25) is 0 Å². The third-order valence-electron chi connectivity index (χ3n) is 3.89. The van der Waals surface area contributed by atoms with Crippen molar-refractivity contribution in [2.75, 3.05) is 19.6 Å². The lowest BCUT2D eigenvalue weighted by atomic mass is 10.1. The van der Waals surface area contributed by atoms with Crippen LogP contribution in [-0.2, 0) is 10.2 Å². The first-order chi connectivity index (χ1) is 8.47. The Morgan fingerprint density at radius 1 is 1.33 bits per heavy atom. The van der Waals surface area contributed by atoms with Gasteiger partial charge in [-0.3, -0.25) is 0 Å². The van der Waals surface area contributed by atoms with Crippen LogP contribution in [-0.4, -0.2) is 43.9 Å². The second-order valence-corrected chi connectivity index (χ2v) is 7.36. The first-order valence-corrected chi connectivity index (χ1v) is 8.42. The Hall–Kier alpha value is -0.170. The highest BCUT2D eigenvalue weighted by molar-refractivity contribution is 7.87. The van der Waals surface area contributed by atoms with Gasteiger partial charge in [0.25, 0.3) is 10.2 Å². The van der Waals surface area contributed by atoms with Crippen molar-refractivity contribution in [1.29, 1.82) is 0 Å². The summed E-state index contributed by atoms with van der Waals surface area (Å²) in [6, 6.07) is 0.110. The van der Waals surface area contributed by atoms with Gasteiger partial charge >= 0.3 is 0 Å². The maximum absolute atomic E-state index is 12.4. The van der Waals surface area contributed by atoms with E-state index in [1.165, 1.54) is 0 Å². The van der Waals surface area contributed by atoms with Crippen LogP contribution < -0.4 is 10.0 Å². The van der Waals surface area contributed by atoms with Crippen molar-refractivity contribution in [2.24, 2.45) is 0 Å². The van der Waals surface area contributed by atoms with Gasteiger partial charge in [0.15, 0.2) is 0 Å². The summed E-state index contributed by atoms with van der Waals surface area (Å²) in [5, 5.41) is 3.26. The van der Waals surface area contributed by atoms with Crippen LogP contribution in [0.5, 0.6) is 0 Å². The normalized spacial score (nSPS) is 28.2. The molecule has 18 heavy (non-hydrogen) atoms. The molecule has 2 aliphatic rings. The summed E-state index contributed by atoms with van der Waals surface area (Å²) in [5.41, 5.74) is -0.182. The van der Waals surface area contributed by atoms with Crippen LogP contribution in [0.15, 0.2) is 0 Å². The van der Waals surface area contributed by atoms with E-state index in [0.717, 1.165) is 45.2 Å². The molecule has 0 spiro atoms. The van der Waals surface area contributed by atoms with Gasteiger partial charge in [-0.1, -0.05) is 13.3 Å². The first-order valence-electron chi connectivity index (χ1n) is 6.98. The van der Waals surface area contributed by atoms with Crippen LogP contribution in [0.2, 0.25) is 0 Å². The van der Waals surface area contributed by atoms with Crippen LogP contribution in [0.3, 0.4) is 0 Å². The Labute approximate surface area is 110 Å². The number of nitrogens with zero attached hydrogens (tertiary/aromatic N) is 1. The molecular formula is C12H25N3O2S.